The van der Waals surface area contributed by atoms with Gasteiger partial charge in [-0.25, -0.2) is 9.98 Å². The first-order valence-electron chi connectivity index (χ1n) is 9.40. The molecule has 0 aliphatic carbocycles. The third-order valence-corrected chi connectivity index (χ3v) is 4.68. The van der Waals surface area contributed by atoms with Gasteiger partial charge in [-0.1, -0.05) is 24.3 Å². The van der Waals surface area contributed by atoms with Crippen LogP contribution in [-0.2, 0) is 26.6 Å². The molecule has 0 amide bonds. The maximum Gasteiger partial charge on any atom is 0.191 e. The molecule has 1 aliphatic heterocycles. The van der Waals surface area contributed by atoms with E-state index in [1.165, 1.54) is 11.1 Å². The number of aromatic nitrogens is 3. The van der Waals surface area contributed by atoms with Gasteiger partial charge in [0.2, 0.25) is 0 Å². The molecule has 27 heavy (non-hydrogen) atoms. The fourth-order valence-corrected chi connectivity index (χ4v) is 3.21. The number of hydrogen-bond acceptors (Lipinski definition) is 4. The molecular formula is C19H30IN7. The second kappa shape index (κ2) is 11.2. The summed E-state index contributed by atoms with van der Waals surface area (Å²) >= 11 is 0. The summed E-state index contributed by atoms with van der Waals surface area (Å²) in [6.07, 6.45) is 3.81. The highest BCUT2D eigenvalue weighted by molar-refractivity contribution is 14.0. The van der Waals surface area contributed by atoms with Gasteiger partial charge in [0.1, 0.15) is 18.7 Å². The maximum absolute atomic E-state index is 4.59. The lowest BCUT2D eigenvalue weighted by Crippen LogP contribution is -2.39. The number of guanidine groups is 1. The molecule has 0 atom stereocenters. The van der Waals surface area contributed by atoms with E-state index in [0.29, 0.717) is 6.54 Å². The predicted molar refractivity (Wildman–Crippen MR) is 119 cm³/mol. The highest BCUT2D eigenvalue weighted by Crippen LogP contribution is 2.18. The highest BCUT2D eigenvalue weighted by atomic mass is 127. The van der Waals surface area contributed by atoms with Crippen LogP contribution in [0.2, 0.25) is 0 Å². The molecule has 3 rings (SSSR count). The molecule has 1 aromatic carbocycles. The predicted octanol–water partition coefficient (Wildman–Crippen LogP) is 1.94. The standard InChI is InChI=1S/C19H29N7.HI/c1-3-20-19(22-13-18-23-15-24-25(18)2)21-10-6-11-26-12-9-16-7-4-5-8-17(16)14-26;/h4-5,7-8,15H,3,6,9-14H2,1-2H3,(H2,20,21,22);1H. The van der Waals surface area contributed by atoms with Crippen LogP contribution in [0.4, 0.5) is 0 Å². The number of hydrogen-bond donors (Lipinski definition) is 2. The van der Waals surface area contributed by atoms with Gasteiger partial charge in [0.05, 0.1) is 0 Å². The average molecular weight is 483 g/mol. The minimum Gasteiger partial charge on any atom is -0.357 e. The average Bonchev–Trinajstić information content (AvgIpc) is 3.08. The summed E-state index contributed by atoms with van der Waals surface area (Å²) in [5, 5.41) is 10.8. The molecule has 148 valence electrons. The van der Waals surface area contributed by atoms with Crippen LogP contribution in [0, 0.1) is 0 Å². The zero-order chi connectivity index (χ0) is 18.2. The summed E-state index contributed by atoms with van der Waals surface area (Å²) in [4.78, 5) is 11.3. The number of aryl methyl sites for hydroxylation is 1. The molecule has 0 saturated carbocycles. The Labute approximate surface area is 178 Å². The summed E-state index contributed by atoms with van der Waals surface area (Å²) < 4.78 is 1.75. The van der Waals surface area contributed by atoms with Gasteiger partial charge in [-0.15, -0.1) is 24.0 Å². The summed E-state index contributed by atoms with van der Waals surface area (Å²) in [6.45, 7) is 7.66. The van der Waals surface area contributed by atoms with Crippen molar-refractivity contribution >= 4 is 29.9 Å². The van der Waals surface area contributed by atoms with Gasteiger partial charge in [0.25, 0.3) is 0 Å². The van der Waals surface area contributed by atoms with Crippen molar-refractivity contribution in [2.45, 2.75) is 32.9 Å². The molecule has 0 spiro atoms. The zero-order valence-electron chi connectivity index (χ0n) is 16.2. The van der Waals surface area contributed by atoms with Gasteiger partial charge in [-0.05, 0) is 30.9 Å². The Kier molecular flexibility index (Phi) is 8.99. The van der Waals surface area contributed by atoms with E-state index < -0.39 is 0 Å². The van der Waals surface area contributed by atoms with Gasteiger partial charge < -0.3 is 10.6 Å². The van der Waals surface area contributed by atoms with Gasteiger partial charge in [0.15, 0.2) is 5.96 Å². The lowest BCUT2D eigenvalue weighted by molar-refractivity contribution is 0.251. The Morgan fingerprint density at radius 2 is 2.04 bits per heavy atom. The SMILES string of the molecule is CCNC(=NCc1ncnn1C)NCCCN1CCc2ccccc2C1.I. The fraction of sp³-hybridized carbons (Fsp3) is 0.526. The number of nitrogens with one attached hydrogen (secondary N) is 2. The molecule has 8 heteroatoms. The Hall–Kier alpha value is -1.68. The van der Waals surface area contributed by atoms with E-state index in [1.54, 1.807) is 11.0 Å². The van der Waals surface area contributed by atoms with Gasteiger partial charge in [0, 0.05) is 39.8 Å². The monoisotopic (exact) mass is 483 g/mol. The van der Waals surface area contributed by atoms with Crippen molar-refractivity contribution < 1.29 is 0 Å². The van der Waals surface area contributed by atoms with Crippen molar-refractivity contribution in [3.8, 4) is 0 Å². The molecule has 0 unspecified atom stereocenters. The van der Waals surface area contributed by atoms with Crippen LogP contribution >= 0.6 is 24.0 Å². The molecule has 0 radical (unpaired) electrons. The smallest absolute Gasteiger partial charge is 0.191 e. The molecule has 0 saturated heterocycles. The molecule has 1 aromatic heterocycles. The maximum atomic E-state index is 4.59. The van der Waals surface area contributed by atoms with Crippen LogP contribution in [0.25, 0.3) is 0 Å². The number of aliphatic imine (C=N–C) groups is 1. The van der Waals surface area contributed by atoms with E-state index in [2.05, 4.69) is 61.8 Å². The molecule has 0 bridgehead atoms. The van der Waals surface area contributed by atoms with E-state index in [0.717, 1.165) is 57.3 Å². The molecular weight excluding hydrogens is 453 g/mol. The Bertz CT molecular complexity index is 728. The number of nitrogens with zero attached hydrogens (tertiary/aromatic N) is 5. The Balaban J connectivity index is 0.00000261. The third kappa shape index (κ3) is 6.46. The molecule has 2 heterocycles. The van der Waals surface area contributed by atoms with E-state index in [-0.39, 0.29) is 24.0 Å². The molecule has 2 aromatic rings. The van der Waals surface area contributed by atoms with Crippen LogP contribution in [0.1, 0.15) is 30.3 Å². The summed E-state index contributed by atoms with van der Waals surface area (Å²) in [5.41, 5.74) is 2.98. The Morgan fingerprint density at radius 3 is 2.78 bits per heavy atom. The van der Waals surface area contributed by atoms with Crippen molar-refractivity contribution in [2.75, 3.05) is 26.2 Å². The second-order valence-electron chi connectivity index (χ2n) is 6.57. The van der Waals surface area contributed by atoms with Crippen molar-refractivity contribution in [3.63, 3.8) is 0 Å². The summed E-state index contributed by atoms with van der Waals surface area (Å²) in [5.74, 6) is 1.69. The normalized spacial score (nSPS) is 14.4. The first kappa shape index (κ1) is 21.6. The topological polar surface area (TPSA) is 70.4 Å². The number of benzene rings is 1. The van der Waals surface area contributed by atoms with Crippen molar-refractivity contribution in [1.29, 1.82) is 0 Å². The van der Waals surface area contributed by atoms with Crippen molar-refractivity contribution in [1.82, 2.24) is 30.3 Å². The highest BCUT2D eigenvalue weighted by Gasteiger charge is 2.14. The van der Waals surface area contributed by atoms with Crippen LogP contribution in [0.3, 0.4) is 0 Å². The van der Waals surface area contributed by atoms with Crippen LogP contribution in [0.5, 0.6) is 0 Å². The first-order valence-corrected chi connectivity index (χ1v) is 9.40. The third-order valence-electron chi connectivity index (χ3n) is 4.68. The molecule has 1 aliphatic rings. The van der Waals surface area contributed by atoms with Gasteiger partial charge in [-0.2, -0.15) is 5.10 Å². The van der Waals surface area contributed by atoms with E-state index in [1.807, 2.05) is 7.05 Å². The lowest BCUT2D eigenvalue weighted by Gasteiger charge is -2.28. The minimum atomic E-state index is 0. The van der Waals surface area contributed by atoms with E-state index in [9.17, 15) is 0 Å². The van der Waals surface area contributed by atoms with Crippen molar-refractivity contribution in [2.24, 2.45) is 12.0 Å². The fourth-order valence-electron chi connectivity index (χ4n) is 3.21. The van der Waals surface area contributed by atoms with E-state index >= 15 is 0 Å². The lowest BCUT2D eigenvalue weighted by atomic mass is 10.00. The van der Waals surface area contributed by atoms with Crippen LogP contribution in [-0.4, -0.2) is 51.8 Å². The minimum absolute atomic E-state index is 0. The van der Waals surface area contributed by atoms with Gasteiger partial charge in [-0.3, -0.25) is 9.58 Å². The largest absolute Gasteiger partial charge is 0.357 e. The quantitative estimate of drug-likeness (QED) is 0.273. The summed E-state index contributed by atoms with van der Waals surface area (Å²) in [6, 6.07) is 8.79. The molecule has 7 nitrogen and oxygen atoms in total. The van der Waals surface area contributed by atoms with Crippen LogP contribution in [0.15, 0.2) is 35.6 Å². The summed E-state index contributed by atoms with van der Waals surface area (Å²) in [7, 11) is 1.88. The second-order valence-corrected chi connectivity index (χ2v) is 6.57. The van der Waals surface area contributed by atoms with Crippen LogP contribution < -0.4 is 10.6 Å². The molecule has 0 fully saturated rings. The molecule has 2 N–H and O–H groups in total. The number of fused-ring (bicyclic) bond motifs is 1. The Morgan fingerprint density at radius 1 is 1.22 bits per heavy atom. The van der Waals surface area contributed by atoms with E-state index in [4.69, 9.17) is 0 Å². The first-order chi connectivity index (χ1) is 12.8. The zero-order valence-corrected chi connectivity index (χ0v) is 18.5. The van der Waals surface area contributed by atoms with Crippen molar-refractivity contribution in [3.05, 3.63) is 47.5 Å². The number of halogens is 1. The number of rotatable bonds is 7. The van der Waals surface area contributed by atoms with Gasteiger partial charge >= 0.3 is 0 Å².